The third-order valence-corrected chi connectivity index (χ3v) is 4.06. The SMILES string of the molecule is O=C(O)CC1CCN(C(=O)CCOC2CCNCC2)C1. The van der Waals surface area contributed by atoms with Crippen LogP contribution in [0.3, 0.4) is 0 Å². The van der Waals surface area contributed by atoms with Crippen LogP contribution in [0.1, 0.15) is 32.1 Å². The van der Waals surface area contributed by atoms with Gasteiger partial charge >= 0.3 is 5.97 Å². The summed E-state index contributed by atoms with van der Waals surface area (Å²) in [6.07, 6.45) is 3.67. The minimum Gasteiger partial charge on any atom is -0.481 e. The van der Waals surface area contributed by atoms with Crippen molar-refractivity contribution < 1.29 is 19.4 Å². The first-order valence-electron chi connectivity index (χ1n) is 7.47. The van der Waals surface area contributed by atoms with Crippen LogP contribution in [0, 0.1) is 5.92 Å². The van der Waals surface area contributed by atoms with E-state index in [4.69, 9.17) is 9.84 Å². The highest BCUT2D eigenvalue weighted by molar-refractivity contribution is 5.76. The van der Waals surface area contributed by atoms with Gasteiger partial charge in [-0.3, -0.25) is 9.59 Å². The lowest BCUT2D eigenvalue weighted by Crippen LogP contribution is -2.34. The lowest BCUT2D eigenvalue weighted by molar-refractivity contribution is -0.138. The van der Waals surface area contributed by atoms with E-state index in [9.17, 15) is 9.59 Å². The smallest absolute Gasteiger partial charge is 0.303 e. The van der Waals surface area contributed by atoms with Gasteiger partial charge in [0, 0.05) is 19.5 Å². The zero-order chi connectivity index (χ0) is 14.4. The lowest BCUT2D eigenvalue weighted by atomic mass is 10.1. The third-order valence-electron chi connectivity index (χ3n) is 4.06. The van der Waals surface area contributed by atoms with Crippen molar-refractivity contribution in [3.63, 3.8) is 0 Å². The first-order valence-corrected chi connectivity index (χ1v) is 7.47. The van der Waals surface area contributed by atoms with E-state index in [0.717, 1.165) is 32.4 Å². The Morgan fingerprint density at radius 3 is 2.70 bits per heavy atom. The number of aliphatic carboxylic acids is 1. The van der Waals surface area contributed by atoms with Crippen LogP contribution in [-0.4, -0.2) is 60.8 Å². The molecule has 2 saturated heterocycles. The van der Waals surface area contributed by atoms with E-state index in [0.29, 0.717) is 26.1 Å². The summed E-state index contributed by atoms with van der Waals surface area (Å²) < 4.78 is 5.72. The number of nitrogens with zero attached hydrogens (tertiary/aromatic N) is 1. The quantitative estimate of drug-likeness (QED) is 0.741. The van der Waals surface area contributed by atoms with Crippen molar-refractivity contribution >= 4 is 11.9 Å². The zero-order valence-electron chi connectivity index (χ0n) is 11.8. The van der Waals surface area contributed by atoms with Gasteiger partial charge in [-0.05, 0) is 38.3 Å². The number of nitrogens with one attached hydrogen (secondary N) is 1. The highest BCUT2D eigenvalue weighted by Crippen LogP contribution is 2.20. The van der Waals surface area contributed by atoms with Crippen molar-refractivity contribution in [3.05, 3.63) is 0 Å². The second-order valence-electron chi connectivity index (χ2n) is 5.66. The molecule has 2 rings (SSSR count). The molecule has 0 aromatic heterocycles. The maximum atomic E-state index is 12.0. The van der Waals surface area contributed by atoms with Gasteiger partial charge in [-0.15, -0.1) is 0 Å². The first kappa shape index (κ1) is 15.3. The predicted octanol–water partition coefficient (Wildman–Crippen LogP) is 0.468. The molecular weight excluding hydrogens is 260 g/mol. The Kier molecular flexibility index (Phi) is 5.79. The fraction of sp³-hybridized carbons (Fsp3) is 0.857. The zero-order valence-corrected chi connectivity index (χ0v) is 11.8. The summed E-state index contributed by atoms with van der Waals surface area (Å²) in [6, 6.07) is 0. The Hall–Kier alpha value is -1.14. The molecule has 6 nitrogen and oxygen atoms in total. The van der Waals surface area contributed by atoms with Crippen molar-refractivity contribution in [2.75, 3.05) is 32.8 Å². The fourth-order valence-corrected chi connectivity index (χ4v) is 2.91. The molecule has 20 heavy (non-hydrogen) atoms. The average molecular weight is 284 g/mol. The van der Waals surface area contributed by atoms with Crippen LogP contribution < -0.4 is 5.32 Å². The number of likely N-dealkylation sites (tertiary alicyclic amines) is 1. The lowest BCUT2D eigenvalue weighted by Gasteiger charge is -2.23. The molecule has 2 N–H and O–H groups in total. The molecule has 2 aliphatic heterocycles. The maximum Gasteiger partial charge on any atom is 0.303 e. The molecule has 6 heteroatoms. The van der Waals surface area contributed by atoms with Gasteiger partial charge in [-0.25, -0.2) is 0 Å². The van der Waals surface area contributed by atoms with Crippen molar-refractivity contribution in [2.45, 2.75) is 38.2 Å². The summed E-state index contributed by atoms with van der Waals surface area (Å²) in [4.78, 5) is 24.4. The third kappa shape index (κ3) is 4.76. The van der Waals surface area contributed by atoms with E-state index in [1.54, 1.807) is 4.90 Å². The predicted molar refractivity (Wildman–Crippen MR) is 73.4 cm³/mol. The second kappa shape index (κ2) is 7.59. The Morgan fingerprint density at radius 1 is 1.25 bits per heavy atom. The number of rotatable bonds is 6. The second-order valence-corrected chi connectivity index (χ2v) is 5.66. The van der Waals surface area contributed by atoms with Gasteiger partial charge in [0.2, 0.25) is 5.91 Å². The first-order chi connectivity index (χ1) is 9.65. The van der Waals surface area contributed by atoms with E-state index in [-0.39, 0.29) is 24.3 Å². The molecule has 1 unspecified atom stereocenters. The number of carboxylic acid groups (broad SMARTS) is 1. The van der Waals surface area contributed by atoms with Crippen LogP contribution in [0.15, 0.2) is 0 Å². The van der Waals surface area contributed by atoms with Gasteiger partial charge in [0.15, 0.2) is 0 Å². The van der Waals surface area contributed by atoms with Crippen molar-refractivity contribution in [3.8, 4) is 0 Å². The summed E-state index contributed by atoms with van der Waals surface area (Å²) in [5, 5.41) is 12.0. The molecule has 1 amide bonds. The monoisotopic (exact) mass is 284 g/mol. The van der Waals surface area contributed by atoms with E-state index in [1.807, 2.05) is 0 Å². The molecule has 0 bridgehead atoms. The topological polar surface area (TPSA) is 78.9 Å². The van der Waals surface area contributed by atoms with Gasteiger partial charge < -0.3 is 20.1 Å². The molecule has 2 fully saturated rings. The van der Waals surface area contributed by atoms with Gasteiger partial charge in [0.25, 0.3) is 0 Å². The highest BCUT2D eigenvalue weighted by atomic mass is 16.5. The number of ether oxygens (including phenoxy) is 1. The number of carboxylic acids is 1. The molecule has 2 aliphatic rings. The number of hydrogen-bond acceptors (Lipinski definition) is 4. The maximum absolute atomic E-state index is 12.0. The van der Waals surface area contributed by atoms with Gasteiger partial charge in [-0.1, -0.05) is 0 Å². The standard InChI is InChI=1S/C14H24N2O4/c17-13(4-8-20-12-1-5-15-6-2-12)16-7-3-11(10-16)9-14(18)19/h11-12,15H,1-10H2,(H,18,19). The molecule has 1 atom stereocenters. The molecule has 0 aliphatic carbocycles. The van der Waals surface area contributed by atoms with Crippen LogP contribution in [0.5, 0.6) is 0 Å². The molecule has 114 valence electrons. The molecule has 0 aromatic carbocycles. The van der Waals surface area contributed by atoms with Crippen LogP contribution in [-0.2, 0) is 14.3 Å². The Morgan fingerprint density at radius 2 is 2.00 bits per heavy atom. The number of piperidine rings is 1. The fourth-order valence-electron chi connectivity index (χ4n) is 2.91. The molecule has 0 radical (unpaired) electrons. The summed E-state index contributed by atoms with van der Waals surface area (Å²) in [5.74, 6) is -0.577. The Labute approximate surface area is 119 Å². The minimum absolute atomic E-state index is 0.0897. The van der Waals surface area contributed by atoms with Crippen molar-refractivity contribution in [1.29, 1.82) is 0 Å². The number of amides is 1. The normalized spacial score (nSPS) is 24.0. The number of carbonyl (C=O) groups excluding carboxylic acids is 1. The van der Waals surface area contributed by atoms with E-state index >= 15 is 0 Å². The van der Waals surface area contributed by atoms with Gasteiger partial charge in [0.05, 0.1) is 19.1 Å². The van der Waals surface area contributed by atoms with E-state index < -0.39 is 5.97 Å². The molecule has 0 spiro atoms. The summed E-state index contributed by atoms with van der Waals surface area (Å²) in [6.45, 7) is 3.72. The van der Waals surface area contributed by atoms with Crippen LogP contribution in [0.4, 0.5) is 0 Å². The van der Waals surface area contributed by atoms with E-state index in [2.05, 4.69) is 5.32 Å². The van der Waals surface area contributed by atoms with Gasteiger partial charge in [-0.2, -0.15) is 0 Å². The average Bonchev–Trinajstić information content (AvgIpc) is 2.87. The number of carbonyl (C=O) groups is 2. The molecular formula is C14H24N2O4. The Balaban J connectivity index is 1.61. The van der Waals surface area contributed by atoms with Crippen molar-refractivity contribution in [2.24, 2.45) is 5.92 Å². The number of hydrogen-bond donors (Lipinski definition) is 2. The minimum atomic E-state index is -0.779. The Bertz CT molecular complexity index is 342. The van der Waals surface area contributed by atoms with Crippen molar-refractivity contribution in [1.82, 2.24) is 10.2 Å². The molecule has 0 saturated carbocycles. The summed E-state index contributed by atoms with van der Waals surface area (Å²) in [7, 11) is 0. The highest BCUT2D eigenvalue weighted by Gasteiger charge is 2.27. The van der Waals surface area contributed by atoms with E-state index in [1.165, 1.54) is 0 Å². The molecule has 0 aromatic rings. The summed E-state index contributed by atoms with van der Waals surface area (Å²) in [5.41, 5.74) is 0. The van der Waals surface area contributed by atoms with Crippen LogP contribution in [0.25, 0.3) is 0 Å². The summed E-state index contributed by atoms with van der Waals surface area (Å²) >= 11 is 0. The molecule has 2 heterocycles. The van der Waals surface area contributed by atoms with Gasteiger partial charge in [0.1, 0.15) is 0 Å². The van der Waals surface area contributed by atoms with Crippen LogP contribution in [0.2, 0.25) is 0 Å². The largest absolute Gasteiger partial charge is 0.481 e. The van der Waals surface area contributed by atoms with Crippen LogP contribution >= 0.6 is 0 Å².